The third-order valence-corrected chi connectivity index (χ3v) is 12.2. The summed E-state index contributed by atoms with van der Waals surface area (Å²) < 4.78 is 11.5. The second kappa shape index (κ2) is 13.4. The van der Waals surface area contributed by atoms with Crippen LogP contribution in [0.4, 0.5) is 0 Å². The monoisotopic (exact) mass is 497 g/mol. The molecule has 2 aromatic carbocycles. The first-order chi connectivity index (χ1) is 16.5. The van der Waals surface area contributed by atoms with Crippen molar-refractivity contribution < 1.29 is 9.47 Å². The van der Waals surface area contributed by atoms with E-state index >= 15 is 0 Å². The van der Waals surface area contributed by atoms with Gasteiger partial charge in [0.05, 0.1) is 14.2 Å². The summed E-state index contributed by atoms with van der Waals surface area (Å²) in [5, 5.41) is 1.76. The zero-order valence-electron chi connectivity index (χ0n) is 21.8. The number of benzene rings is 2. The molecule has 3 rings (SSSR count). The van der Waals surface area contributed by atoms with Crippen LogP contribution in [0.3, 0.4) is 0 Å². The molecule has 0 radical (unpaired) electrons. The van der Waals surface area contributed by atoms with E-state index in [-0.39, 0.29) is 7.92 Å². The van der Waals surface area contributed by atoms with E-state index in [0.717, 1.165) is 36.8 Å². The predicted octanol–water partition coefficient (Wildman–Crippen LogP) is 7.55. The Bertz CT molecular complexity index is 932. The summed E-state index contributed by atoms with van der Waals surface area (Å²) in [6.07, 6.45) is 10.8. The lowest BCUT2D eigenvalue weighted by molar-refractivity contribution is 0.411. The van der Waals surface area contributed by atoms with Gasteiger partial charge >= 0.3 is 0 Å². The van der Waals surface area contributed by atoms with Crippen molar-refractivity contribution >= 4 is 15.8 Å². The summed E-state index contributed by atoms with van der Waals surface area (Å²) in [4.78, 5) is 2.30. The van der Waals surface area contributed by atoms with Crippen molar-refractivity contribution in [2.75, 3.05) is 47.2 Å². The molecule has 0 bridgehead atoms. The zero-order chi connectivity index (χ0) is 24.5. The molecular weight excluding hydrogens is 456 g/mol. The van der Waals surface area contributed by atoms with E-state index in [1.54, 1.807) is 25.1 Å². The zero-order valence-corrected chi connectivity index (χ0v) is 23.5. The molecule has 2 aromatic rings. The van der Waals surface area contributed by atoms with E-state index < -0.39 is 7.92 Å². The lowest BCUT2D eigenvalue weighted by Crippen LogP contribution is -2.14. The number of allylic oxidation sites excluding steroid dienone is 3. The Labute approximate surface area is 209 Å². The van der Waals surface area contributed by atoms with Gasteiger partial charge in [-0.25, -0.2) is 0 Å². The van der Waals surface area contributed by atoms with E-state index in [9.17, 15) is 0 Å². The van der Waals surface area contributed by atoms with Gasteiger partial charge in [0.2, 0.25) is 0 Å². The summed E-state index contributed by atoms with van der Waals surface area (Å²) in [6.45, 7) is 5.86. The van der Waals surface area contributed by atoms with E-state index in [1.165, 1.54) is 23.5 Å². The van der Waals surface area contributed by atoms with Crippen molar-refractivity contribution in [3.05, 3.63) is 82.7 Å². The fourth-order valence-electron chi connectivity index (χ4n) is 4.74. The molecule has 184 valence electrons. The largest absolute Gasteiger partial charge is 0.496 e. The van der Waals surface area contributed by atoms with E-state index in [0.29, 0.717) is 5.66 Å². The summed E-state index contributed by atoms with van der Waals surface area (Å²) in [5.41, 5.74) is 4.75. The van der Waals surface area contributed by atoms with E-state index in [2.05, 4.69) is 93.5 Å². The van der Waals surface area contributed by atoms with Gasteiger partial charge in [-0.2, -0.15) is 0 Å². The van der Waals surface area contributed by atoms with Crippen LogP contribution in [-0.2, 0) is 12.3 Å². The van der Waals surface area contributed by atoms with Crippen LogP contribution >= 0.6 is 15.8 Å². The predicted molar refractivity (Wildman–Crippen MR) is 151 cm³/mol. The Hall–Kier alpha value is -1.66. The molecule has 5 heteroatoms. The Morgan fingerprint density at radius 3 is 1.82 bits per heavy atom. The van der Waals surface area contributed by atoms with Crippen molar-refractivity contribution in [2.24, 2.45) is 0 Å². The van der Waals surface area contributed by atoms with Crippen LogP contribution in [0.25, 0.3) is 0 Å². The van der Waals surface area contributed by atoms with Gasteiger partial charge in [0, 0.05) is 12.2 Å². The van der Waals surface area contributed by atoms with Crippen molar-refractivity contribution in [1.82, 2.24) is 4.90 Å². The summed E-state index contributed by atoms with van der Waals surface area (Å²) in [5.74, 6) is 2.01. The van der Waals surface area contributed by atoms with E-state index in [1.807, 2.05) is 0 Å². The fraction of sp³-hybridized carbons (Fsp3) is 0.448. The Morgan fingerprint density at radius 2 is 1.35 bits per heavy atom. The lowest BCUT2D eigenvalue weighted by atomic mass is 10.2. The number of methoxy groups -OCH3 is 2. The fourth-order valence-corrected chi connectivity index (χ4v) is 10.6. The van der Waals surface area contributed by atoms with Crippen molar-refractivity contribution in [1.29, 1.82) is 0 Å². The first-order valence-electron chi connectivity index (χ1n) is 12.3. The minimum Gasteiger partial charge on any atom is -0.496 e. The Kier molecular flexibility index (Phi) is 10.6. The molecule has 1 unspecified atom stereocenters. The van der Waals surface area contributed by atoms with Gasteiger partial charge in [0.25, 0.3) is 0 Å². The average Bonchev–Trinajstić information content (AvgIpc) is 3.27. The highest BCUT2D eigenvalue weighted by Gasteiger charge is 2.32. The first kappa shape index (κ1) is 26.9. The quantitative estimate of drug-likeness (QED) is 0.267. The topological polar surface area (TPSA) is 21.7 Å². The number of hydrogen-bond acceptors (Lipinski definition) is 3. The average molecular weight is 498 g/mol. The van der Waals surface area contributed by atoms with Crippen LogP contribution in [0.1, 0.15) is 31.4 Å². The van der Waals surface area contributed by atoms with Crippen molar-refractivity contribution in [2.45, 2.75) is 38.3 Å². The summed E-state index contributed by atoms with van der Waals surface area (Å²) >= 11 is 0. The maximum atomic E-state index is 5.76. The first-order valence-corrected chi connectivity index (χ1v) is 15.8. The highest BCUT2D eigenvalue weighted by Crippen LogP contribution is 2.62. The number of hydrogen-bond donors (Lipinski definition) is 0. The molecule has 1 aliphatic rings. The molecule has 0 aliphatic heterocycles. The number of ether oxygens (including phenoxy) is 2. The molecule has 3 nitrogen and oxygen atoms in total. The van der Waals surface area contributed by atoms with Crippen LogP contribution in [0.2, 0.25) is 0 Å². The maximum Gasteiger partial charge on any atom is 0.122 e. The third-order valence-electron chi connectivity index (χ3n) is 6.55. The molecule has 0 fully saturated rings. The molecule has 0 saturated heterocycles. The van der Waals surface area contributed by atoms with Gasteiger partial charge in [0.1, 0.15) is 11.5 Å². The molecule has 0 heterocycles. The van der Waals surface area contributed by atoms with Gasteiger partial charge < -0.3 is 14.4 Å². The van der Waals surface area contributed by atoms with Crippen molar-refractivity contribution in [3.63, 3.8) is 0 Å². The second-order valence-electron chi connectivity index (χ2n) is 8.97. The molecular formula is C29H41NO2P2. The van der Waals surface area contributed by atoms with Gasteiger partial charge in [-0.3, -0.25) is 0 Å². The summed E-state index contributed by atoms with van der Waals surface area (Å²) in [6, 6.07) is 17.1. The van der Waals surface area contributed by atoms with Crippen molar-refractivity contribution in [3.8, 4) is 11.5 Å². The molecule has 0 spiro atoms. The standard InChI is InChI=1S/C29H41NO2P2/c1-7-33(8-2)29-23(19-20-30(3)4)17-18-28(29)34(21-24-13-9-11-15-26(24)31-5)22-25-14-10-12-16-27(25)32-6/h9-18,28H,7-8,19-22H2,1-6H3. The van der Waals surface area contributed by atoms with Crippen LogP contribution in [0.15, 0.2) is 71.6 Å². The number of para-hydroxylation sites is 2. The highest BCUT2D eigenvalue weighted by atomic mass is 31.1. The molecule has 34 heavy (non-hydrogen) atoms. The molecule has 1 atom stereocenters. The van der Waals surface area contributed by atoms with Crippen LogP contribution in [0.5, 0.6) is 11.5 Å². The third kappa shape index (κ3) is 6.72. The van der Waals surface area contributed by atoms with Gasteiger partial charge in [0.15, 0.2) is 0 Å². The normalized spacial score (nSPS) is 15.7. The number of rotatable bonds is 13. The smallest absolute Gasteiger partial charge is 0.122 e. The van der Waals surface area contributed by atoms with Gasteiger partial charge in [-0.1, -0.05) is 78.2 Å². The van der Waals surface area contributed by atoms with Crippen LogP contribution in [0, 0.1) is 0 Å². The van der Waals surface area contributed by atoms with Crippen LogP contribution in [-0.4, -0.2) is 57.7 Å². The SMILES string of the molecule is CCP(CC)C1=C(CCN(C)C)C=CC1P(Cc1ccccc1OC)Cc1ccccc1OC. The minimum atomic E-state index is -0.396. The molecule has 0 N–H and O–H groups in total. The maximum absolute atomic E-state index is 5.76. The van der Waals surface area contributed by atoms with Crippen LogP contribution < -0.4 is 9.47 Å². The molecule has 0 saturated carbocycles. The number of nitrogens with zero attached hydrogens (tertiary/aromatic N) is 1. The van der Waals surface area contributed by atoms with E-state index in [4.69, 9.17) is 9.47 Å². The second-order valence-corrected chi connectivity index (χ2v) is 14.2. The van der Waals surface area contributed by atoms with Gasteiger partial charge in [-0.15, -0.1) is 0 Å². The molecule has 0 amide bonds. The highest BCUT2D eigenvalue weighted by molar-refractivity contribution is 7.65. The summed E-state index contributed by atoms with van der Waals surface area (Å²) in [7, 11) is 7.41. The molecule has 1 aliphatic carbocycles. The molecule has 0 aromatic heterocycles. The van der Waals surface area contributed by atoms with Gasteiger partial charge in [-0.05, 0) is 79.3 Å². The Balaban J connectivity index is 2.03. The minimum absolute atomic E-state index is 0.119. The lowest BCUT2D eigenvalue weighted by Gasteiger charge is -2.32. The Morgan fingerprint density at radius 1 is 0.824 bits per heavy atom.